The molecule has 1 unspecified atom stereocenters. The quantitative estimate of drug-likeness (QED) is 0.250. The lowest BCUT2D eigenvalue weighted by atomic mass is 9.88. The Labute approximate surface area is 154 Å². The summed E-state index contributed by atoms with van der Waals surface area (Å²) in [5.74, 6) is -56.6. The molecule has 0 bridgehead atoms. The van der Waals surface area contributed by atoms with Crippen molar-refractivity contribution in [2.75, 3.05) is 0 Å². The van der Waals surface area contributed by atoms with Gasteiger partial charge in [0, 0.05) is 0 Å². The molecule has 0 aromatic carbocycles. The predicted molar refractivity (Wildman–Crippen MR) is 61.4 cm³/mol. The lowest BCUT2D eigenvalue weighted by Crippen LogP contribution is -2.75. The van der Waals surface area contributed by atoms with Crippen LogP contribution in [0.4, 0.5) is 74.6 Å². The smallest absolute Gasteiger partial charge is 0.436 e. The monoisotopic (exact) mass is 490 g/mol. The second-order valence-corrected chi connectivity index (χ2v) is 5.49. The summed E-state index contributed by atoms with van der Waals surface area (Å²) in [5.41, 5.74) is 0. The Kier molecular flexibility index (Phi) is 6.81. The summed E-state index contributed by atoms with van der Waals surface area (Å²) in [6, 6.07) is 0. The fourth-order valence-corrected chi connectivity index (χ4v) is 1.61. The van der Waals surface area contributed by atoms with Gasteiger partial charge in [-0.15, -0.1) is 0 Å². The SMILES string of the molecule is C=COC(F)(F)C(F)(F)C(F)(F)C(F)(F)C(F)(F)C(F)(F)C(F)(F)C(F)(F)C(C)F. The molecule has 0 amide bonds. The lowest BCUT2D eigenvalue weighted by Gasteiger charge is -2.43. The lowest BCUT2D eigenvalue weighted by molar-refractivity contribution is -0.470. The molecule has 0 aliphatic heterocycles. The van der Waals surface area contributed by atoms with Crippen molar-refractivity contribution >= 4 is 0 Å². The molecule has 0 saturated heterocycles. The Balaban J connectivity index is 6.78. The van der Waals surface area contributed by atoms with E-state index in [-0.39, 0.29) is 0 Å². The first kappa shape index (κ1) is 28.3. The largest absolute Gasteiger partial charge is 0.470 e. The highest BCUT2D eigenvalue weighted by Gasteiger charge is 2.95. The van der Waals surface area contributed by atoms with Gasteiger partial charge in [-0.2, -0.15) is 70.2 Å². The third-order valence-electron chi connectivity index (χ3n) is 3.49. The van der Waals surface area contributed by atoms with Gasteiger partial charge in [0.05, 0.1) is 6.26 Å². The van der Waals surface area contributed by atoms with Gasteiger partial charge in [-0.05, 0) is 6.92 Å². The molecule has 1 nitrogen and oxygen atoms in total. The molecule has 0 aromatic rings. The fraction of sp³-hybridized carbons (Fsp3) is 0.833. The van der Waals surface area contributed by atoms with E-state index in [1.54, 1.807) is 0 Å². The molecule has 0 aromatic heterocycles. The third kappa shape index (κ3) is 3.33. The molecule has 0 saturated carbocycles. The van der Waals surface area contributed by atoms with Gasteiger partial charge < -0.3 is 4.74 Å². The van der Waals surface area contributed by atoms with Crippen LogP contribution in [-0.4, -0.2) is 53.7 Å². The summed E-state index contributed by atoms with van der Waals surface area (Å²) < 4.78 is 225. The van der Waals surface area contributed by atoms with Crippen molar-refractivity contribution in [3.05, 3.63) is 12.8 Å². The van der Waals surface area contributed by atoms with Crippen molar-refractivity contribution in [2.45, 2.75) is 60.7 Å². The highest BCUT2D eigenvalue weighted by Crippen LogP contribution is 2.64. The fourth-order valence-electron chi connectivity index (χ4n) is 1.61. The maximum atomic E-state index is 13.3. The molecule has 0 aliphatic carbocycles. The van der Waals surface area contributed by atoms with Crippen molar-refractivity contribution in [2.24, 2.45) is 0 Å². The molecular weight excluding hydrogens is 483 g/mol. The van der Waals surface area contributed by atoms with E-state index in [2.05, 4.69) is 11.3 Å². The van der Waals surface area contributed by atoms with Gasteiger partial charge in [0.15, 0.2) is 6.17 Å². The van der Waals surface area contributed by atoms with E-state index >= 15 is 0 Å². The number of hydrogen-bond donors (Lipinski definition) is 0. The summed E-state index contributed by atoms with van der Waals surface area (Å²) in [7, 11) is 0. The highest BCUT2D eigenvalue weighted by molar-refractivity contribution is 5.15. The Morgan fingerprint density at radius 2 is 0.833 bits per heavy atom. The van der Waals surface area contributed by atoms with Crippen molar-refractivity contribution in [1.29, 1.82) is 0 Å². The van der Waals surface area contributed by atoms with Crippen LogP contribution >= 0.6 is 0 Å². The zero-order valence-electron chi connectivity index (χ0n) is 13.7. The minimum atomic E-state index is -8.58. The molecule has 0 rings (SSSR count). The van der Waals surface area contributed by atoms with E-state index < -0.39 is 66.9 Å². The van der Waals surface area contributed by atoms with Crippen LogP contribution in [0.2, 0.25) is 0 Å². The number of rotatable bonds is 10. The minimum Gasteiger partial charge on any atom is -0.436 e. The van der Waals surface area contributed by atoms with Crippen molar-refractivity contribution < 1.29 is 79.4 Å². The summed E-state index contributed by atoms with van der Waals surface area (Å²) in [6.07, 6.45) is -12.2. The Morgan fingerprint density at radius 1 is 0.567 bits per heavy atom. The van der Waals surface area contributed by atoms with Gasteiger partial charge in [-0.1, -0.05) is 6.58 Å². The second kappa shape index (κ2) is 7.20. The van der Waals surface area contributed by atoms with E-state index in [1.165, 1.54) is 0 Å². The molecular formula is C12H7F17O. The second-order valence-electron chi connectivity index (χ2n) is 5.49. The molecule has 30 heavy (non-hydrogen) atoms. The first-order valence-electron chi connectivity index (χ1n) is 6.71. The molecule has 0 heterocycles. The standard InChI is InChI=1S/C12H7F17O/c1-3-30-12(28,29)11(26,27)10(24,25)9(22,23)8(20,21)7(18,19)6(16,17)5(14,15)4(2)13/h3-4H,1H2,2H3. The molecule has 18 heteroatoms. The molecule has 0 aliphatic rings. The molecule has 0 spiro atoms. The summed E-state index contributed by atoms with van der Waals surface area (Å²) in [6.45, 7) is 1.46. The topological polar surface area (TPSA) is 9.23 Å². The average Bonchev–Trinajstić information content (AvgIpc) is 2.53. The van der Waals surface area contributed by atoms with E-state index in [4.69, 9.17) is 0 Å². The van der Waals surface area contributed by atoms with Gasteiger partial charge in [-0.25, -0.2) is 4.39 Å². The van der Waals surface area contributed by atoms with Crippen LogP contribution in [0.3, 0.4) is 0 Å². The zero-order valence-corrected chi connectivity index (χ0v) is 13.7. The van der Waals surface area contributed by atoms with Crippen LogP contribution in [0.1, 0.15) is 6.92 Å². The molecule has 0 radical (unpaired) electrons. The van der Waals surface area contributed by atoms with Crippen LogP contribution in [0.25, 0.3) is 0 Å². The van der Waals surface area contributed by atoms with Crippen LogP contribution in [-0.2, 0) is 4.74 Å². The average molecular weight is 490 g/mol. The van der Waals surface area contributed by atoms with E-state index in [1.807, 2.05) is 0 Å². The maximum Gasteiger partial charge on any atom is 0.470 e. The van der Waals surface area contributed by atoms with Crippen LogP contribution in [0.15, 0.2) is 12.8 Å². The van der Waals surface area contributed by atoms with E-state index in [0.29, 0.717) is 0 Å². The number of alkyl halides is 17. The van der Waals surface area contributed by atoms with Gasteiger partial charge in [0.2, 0.25) is 0 Å². The molecule has 180 valence electrons. The maximum absolute atomic E-state index is 13.3. The van der Waals surface area contributed by atoms with Crippen molar-refractivity contribution in [1.82, 2.24) is 0 Å². The molecule has 0 fully saturated rings. The summed E-state index contributed by atoms with van der Waals surface area (Å²) in [5, 5.41) is 0. The number of hydrogen-bond acceptors (Lipinski definition) is 1. The zero-order chi connectivity index (χ0) is 25.0. The van der Waals surface area contributed by atoms with Gasteiger partial charge in [0.25, 0.3) is 0 Å². The third-order valence-corrected chi connectivity index (χ3v) is 3.49. The predicted octanol–water partition coefficient (Wildman–Crippen LogP) is 6.54. The van der Waals surface area contributed by atoms with Crippen molar-refractivity contribution in [3.63, 3.8) is 0 Å². The van der Waals surface area contributed by atoms with E-state index in [0.717, 1.165) is 0 Å². The summed E-state index contributed by atoms with van der Waals surface area (Å²) in [4.78, 5) is 0. The first-order valence-corrected chi connectivity index (χ1v) is 6.71. The highest BCUT2D eigenvalue weighted by atomic mass is 19.4. The first-order chi connectivity index (χ1) is 12.8. The molecule has 1 atom stereocenters. The summed E-state index contributed by atoms with van der Waals surface area (Å²) >= 11 is 0. The van der Waals surface area contributed by atoms with Gasteiger partial charge in [0.1, 0.15) is 0 Å². The van der Waals surface area contributed by atoms with E-state index in [9.17, 15) is 74.6 Å². The Hall–Kier alpha value is -1.65. The normalized spacial score (nSPS) is 17.0. The number of halogens is 17. The van der Waals surface area contributed by atoms with Gasteiger partial charge >= 0.3 is 47.6 Å². The van der Waals surface area contributed by atoms with Crippen molar-refractivity contribution in [3.8, 4) is 0 Å². The van der Waals surface area contributed by atoms with Gasteiger partial charge in [-0.3, -0.25) is 0 Å². The minimum absolute atomic E-state index is 0.657. The van der Waals surface area contributed by atoms with Crippen LogP contribution in [0, 0.1) is 0 Å². The van der Waals surface area contributed by atoms with Crippen LogP contribution < -0.4 is 0 Å². The molecule has 0 N–H and O–H groups in total. The Bertz CT molecular complexity index is 635. The number of ether oxygens (including phenoxy) is 1. The van der Waals surface area contributed by atoms with Crippen LogP contribution in [0.5, 0.6) is 0 Å². The Morgan fingerprint density at radius 3 is 1.10 bits per heavy atom.